The standard InChI is InChI=1S/C11H11N3S/c1-7-8(2)11(15)14-13-10(7)9-4-3-5-12-6-9/h3-6H,1-2H3,(H,14,15). The average molecular weight is 217 g/mol. The second-order valence-corrected chi connectivity index (χ2v) is 3.80. The van der Waals surface area contributed by atoms with Crippen LogP contribution in [0.15, 0.2) is 24.5 Å². The largest absolute Gasteiger partial charge is 0.267 e. The summed E-state index contributed by atoms with van der Waals surface area (Å²) in [6.45, 7) is 4.02. The van der Waals surface area contributed by atoms with Gasteiger partial charge in [0, 0.05) is 18.0 Å². The molecule has 1 N–H and O–H groups in total. The number of nitrogens with zero attached hydrogens (tertiary/aromatic N) is 2. The number of aromatic nitrogens is 3. The normalized spacial score (nSPS) is 10.3. The Morgan fingerprint density at radius 2 is 2.07 bits per heavy atom. The van der Waals surface area contributed by atoms with Crippen LogP contribution in [0.5, 0.6) is 0 Å². The predicted octanol–water partition coefficient (Wildman–Crippen LogP) is 2.82. The lowest BCUT2D eigenvalue weighted by Crippen LogP contribution is -1.96. The van der Waals surface area contributed by atoms with Crippen molar-refractivity contribution in [1.82, 2.24) is 15.2 Å². The molecule has 4 heteroatoms. The summed E-state index contributed by atoms with van der Waals surface area (Å²) in [4.78, 5) is 4.07. The molecule has 0 radical (unpaired) electrons. The van der Waals surface area contributed by atoms with Gasteiger partial charge in [0.1, 0.15) is 4.64 Å². The van der Waals surface area contributed by atoms with Crippen molar-refractivity contribution >= 4 is 12.2 Å². The second kappa shape index (κ2) is 3.90. The highest BCUT2D eigenvalue weighted by Crippen LogP contribution is 2.21. The molecule has 2 heterocycles. The van der Waals surface area contributed by atoms with Crippen LogP contribution in [0.2, 0.25) is 0 Å². The van der Waals surface area contributed by atoms with Crippen LogP contribution in [-0.4, -0.2) is 15.2 Å². The number of aromatic amines is 1. The Hall–Kier alpha value is -1.55. The lowest BCUT2D eigenvalue weighted by Gasteiger charge is -2.06. The van der Waals surface area contributed by atoms with E-state index in [1.54, 1.807) is 12.4 Å². The molecule has 15 heavy (non-hydrogen) atoms. The quantitative estimate of drug-likeness (QED) is 0.747. The third-order valence-corrected chi connectivity index (χ3v) is 2.86. The maximum Gasteiger partial charge on any atom is 0.122 e. The van der Waals surface area contributed by atoms with Crippen LogP contribution in [0.25, 0.3) is 11.3 Å². The predicted molar refractivity (Wildman–Crippen MR) is 62.1 cm³/mol. The van der Waals surface area contributed by atoms with E-state index < -0.39 is 0 Å². The number of pyridine rings is 1. The number of nitrogens with one attached hydrogen (secondary N) is 1. The van der Waals surface area contributed by atoms with Crippen molar-refractivity contribution in [3.8, 4) is 11.3 Å². The molecule has 0 aliphatic rings. The molecule has 3 nitrogen and oxygen atoms in total. The first-order valence-electron chi connectivity index (χ1n) is 4.66. The van der Waals surface area contributed by atoms with Crippen LogP contribution in [0, 0.1) is 18.5 Å². The maximum atomic E-state index is 5.12. The van der Waals surface area contributed by atoms with Gasteiger partial charge in [0.2, 0.25) is 0 Å². The fraction of sp³-hybridized carbons (Fsp3) is 0.182. The number of rotatable bonds is 1. The zero-order valence-electron chi connectivity index (χ0n) is 8.61. The molecular weight excluding hydrogens is 206 g/mol. The zero-order valence-corrected chi connectivity index (χ0v) is 9.43. The van der Waals surface area contributed by atoms with Crippen molar-refractivity contribution in [2.45, 2.75) is 13.8 Å². The van der Waals surface area contributed by atoms with Gasteiger partial charge < -0.3 is 0 Å². The minimum absolute atomic E-state index is 0.695. The highest BCUT2D eigenvalue weighted by Gasteiger charge is 2.06. The summed E-state index contributed by atoms with van der Waals surface area (Å²) >= 11 is 5.12. The van der Waals surface area contributed by atoms with E-state index in [1.807, 2.05) is 26.0 Å². The summed E-state index contributed by atoms with van der Waals surface area (Å²) in [5.41, 5.74) is 4.09. The van der Waals surface area contributed by atoms with E-state index in [-0.39, 0.29) is 0 Å². The smallest absolute Gasteiger partial charge is 0.122 e. The SMILES string of the molecule is Cc1c(-c2cccnc2)n[nH]c(=S)c1C. The summed E-state index contributed by atoms with van der Waals surface area (Å²) in [7, 11) is 0. The fourth-order valence-electron chi connectivity index (χ4n) is 1.41. The fourth-order valence-corrected chi connectivity index (χ4v) is 1.60. The van der Waals surface area contributed by atoms with Crippen molar-refractivity contribution in [3.63, 3.8) is 0 Å². The van der Waals surface area contributed by atoms with Crippen LogP contribution in [0.3, 0.4) is 0 Å². The van der Waals surface area contributed by atoms with Crippen LogP contribution in [-0.2, 0) is 0 Å². The van der Waals surface area contributed by atoms with Gasteiger partial charge >= 0.3 is 0 Å². The Labute approximate surface area is 93.2 Å². The molecule has 0 aliphatic carbocycles. The highest BCUT2D eigenvalue weighted by atomic mass is 32.1. The Kier molecular flexibility index (Phi) is 2.60. The minimum atomic E-state index is 0.695. The molecule has 76 valence electrons. The molecule has 0 unspecified atom stereocenters. The Morgan fingerprint density at radius 3 is 2.73 bits per heavy atom. The summed E-state index contributed by atoms with van der Waals surface area (Å²) in [6.07, 6.45) is 3.54. The molecule has 2 rings (SSSR count). The van der Waals surface area contributed by atoms with E-state index in [9.17, 15) is 0 Å². The third-order valence-electron chi connectivity index (χ3n) is 2.46. The third kappa shape index (κ3) is 1.80. The second-order valence-electron chi connectivity index (χ2n) is 3.39. The number of hydrogen-bond acceptors (Lipinski definition) is 3. The molecule has 0 bridgehead atoms. The molecule has 0 aliphatic heterocycles. The molecule has 0 saturated carbocycles. The topological polar surface area (TPSA) is 41.6 Å². The van der Waals surface area contributed by atoms with Crippen molar-refractivity contribution in [1.29, 1.82) is 0 Å². The van der Waals surface area contributed by atoms with Crippen LogP contribution in [0.1, 0.15) is 11.1 Å². The van der Waals surface area contributed by atoms with Gasteiger partial charge in [-0.1, -0.05) is 12.2 Å². The first-order chi connectivity index (χ1) is 7.20. The molecule has 2 aromatic rings. The molecule has 0 spiro atoms. The molecule has 0 atom stereocenters. The lowest BCUT2D eigenvalue weighted by atomic mass is 10.1. The van der Waals surface area contributed by atoms with Crippen molar-refractivity contribution in [2.24, 2.45) is 0 Å². The van der Waals surface area contributed by atoms with Crippen molar-refractivity contribution in [3.05, 3.63) is 40.3 Å². The molecule has 0 saturated heterocycles. The van der Waals surface area contributed by atoms with Crippen LogP contribution in [0.4, 0.5) is 0 Å². The van der Waals surface area contributed by atoms with E-state index in [1.165, 1.54) is 0 Å². The van der Waals surface area contributed by atoms with Gasteiger partial charge in [-0.05, 0) is 37.1 Å². The monoisotopic (exact) mass is 217 g/mol. The first-order valence-corrected chi connectivity index (χ1v) is 5.07. The zero-order chi connectivity index (χ0) is 10.8. The Bertz CT molecular complexity index is 531. The van der Waals surface area contributed by atoms with E-state index in [2.05, 4.69) is 15.2 Å². The van der Waals surface area contributed by atoms with Crippen LogP contribution < -0.4 is 0 Å². The summed E-state index contributed by atoms with van der Waals surface area (Å²) in [5.74, 6) is 0. The first kappa shape index (κ1) is 9.98. The van der Waals surface area contributed by atoms with Gasteiger partial charge in [-0.2, -0.15) is 5.10 Å². The van der Waals surface area contributed by atoms with Crippen LogP contribution >= 0.6 is 12.2 Å². The summed E-state index contributed by atoms with van der Waals surface area (Å²) < 4.78 is 0.695. The molecular formula is C11H11N3S. The van der Waals surface area contributed by atoms with E-state index in [0.29, 0.717) is 4.64 Å². The molecule has 2 aromatic heterocycles. The van der Waals surface area contributed by atoms with Gasteiger partial charge in [-0.25, -0.2) is 0 Å². The molecule has 0 fully saturated rings. The summed E-state index contributed by atoms with van der Waals surface area (Å²) in [6, 6.07) is 3.88. The van der Waals surface area contributed by atoms with E-state index in [0.717, 1.165) is 22.4 Å². The maximum absolute atomic E-state index is 5.12. The van der Waals surface area contributed by atoms with Gasteiger partial charge in [0.25, 0.3) is 0 Å². The molecule has 0 amide bonds. The summed E-state index contributed by atoms with van der Waals surface area (Å²) in [5, 5.41) is 7.08. The number of hydrogen-bond donors (Lipinski definition) is 1. The lowest BCUT2D eigenvalue weighted by molar-refractivity contribution is 0.985. The van der Waals surface area contributed by atoms with E-state index >= 15 is 0 Å². The molecule has 0 aromatic carbocycles. The Balaban J connectivity index is 2.65. The number of H-pyrrole nitrogens is 1. The van der Waals surface area contributed by atoms with Gasteiger partial charge in [0.15, 0.2) is 0 Å². The average Bonchev–Trinajstić information content (AvgIpc) is 2.27. The highest BCUT2D eigenvalue weighted by molar-refractivity contribution is 7.71. The Morgan fingerprint density at radius 1 is 1.27 bits per heavy atom. The van der Waals surface area contributed by atoms with Crippen molar-refractivity contribution < 1.29 is 0 Å². The minimum Gasteiger partial charge on any atom is -0.267 e. The van der Waals surface area contributed by atoms with Gasteiger partial charge in [-0.15, -0.1) is 0 Å². The van der Waals surface area contributed by atoms with E-state index in [4.69, 9.17) is 12.2 Å². The van der Waals surface area contributed by atoms with Crippen molar-refractivity contribution in [2.75, 3.05) is 0 Å². The van der Waals surface area contributed by atoms with Gasteiger partial charge in [-0.3, -0.25) is 10.1 Å². The van der Waals surface area contributed by atoms with Gasteiger partial charge in [0.05, 0.1) is 5.69 Å².